The van der Waals surface area contributed by atoms with Crippen LogP contribution in [0.1, 0.15) is 64.4 Å². The fourth-order valence-electron chi connectivity index (χ4n) is 7.05. The number of aliphatic hydroxyl groups excluding tert-OH is 1. The number of carbonyl (C=O) groups excluding carboxylic acids is 2. The molecule has 1 saturated heterocycles. The number of anilines is 3. The second-order valence-electron chi connectivity index (χ2n) is 13.1. The van der Waals surface area contributed by atoms with E-state index in [9.17, 15) is 19.5 Å². The van der Waals surface area contributed by atoms with Crippen LogP contribution in [0.5, 0.6) is 0 Å². The van der Waals surface area contributed by atoms with Gasteiger partial charge in [0.1, 0.15) is 23.0 Å². The van der Waals surface area contributed by atoms with Crippen LogP contribution in [-0.2, 0) is 33.0 Å². The van der Waals surface area contributed by atoms with E-state index in [1.165, 1.54) is 22.0 Å². The Morgan fingerprint density at radius 3 is 2.56 bits per heavy atom. The zero-order chi connectivity index (χ0) is 31.5. The van der Waals surface area contributed by atoms with E-state index in [1.807, 2.05) is 12.1 Å². The van der Waals surface area contributed by atoms with Crippen molar-refractivity contribution in [3.05, 3.63) is 87.4 Å². The van der Waals surface area contributed by atoms with Crippen molar-refractivity contribution in [3.63, 3.8) is 0 Å². The van der Waals surface area contributed by atoms with Gasteiger partial charge in [0.05, 0.1) is 12.2 Å². The molecule has 0 atom stereocenters. The topological polar surface area (TPSA) is 126 Å². The maximum absolute atomic E-state index is 13.8. The monoisotopic (exact) mass is 607 g/mol. The lowest BCUT2D eigenvalue weighted by Gasteiger charge is -2.31. The Labute approximate surface area is 261 Å². The second kappa shape index (κ2) is 11.0. The van der Waals surface area contributed by atoms with Crippen molar-refractivity contribution < 1.29 is 14.7 Å². The van der Waals surface area contributed by atoms with Gasteiger partial charge in [0, 0.05) is 68.6 Å². The molecule has 2 aliphatic heterocycles. The van der Waals surface area contributed by atoms with Gasteiger partial charge in [0.15, 0.2) is 0 Å². The fourth-order valence-corrected chi connectivity index (χ4v) is 7.05. The summed E-state index contributed by atoms with van der Waals surface area (Å²) in [6, 6.07) is 8.90. The lowest BCUT2D eigenvalue weighted by molar-refractivity contribution is 0.0961. The molecule has 0 unspecified atom stereocenters. The maximum Gasteiger partial charge on any atom is 0.276 e. The molecule has 0 saturated carbocycles. The number of aromatic nitrogens is 4. The van der Waals surface area contributed by atoms with E-state index in [2.05, 4.69) is 38.6 Å². The average molecular weight is 608 g/mol. The van der Waals surface area contributed by atoms with E-state index in [1.54, 1.807) is 42.5 Å². The average Bonchev–Trinajstić information content (AvgIpc) is 3.75. The highest BCUT2D eigenvalue weighted by atomic mass is 16.3. The molecule has 2 N–H and O–H groups in total. The Bertz CT molecular complexity index is 1880. The standard InChI is InChI=1S/C34H37N7O4/c1-34(2)16-22-15-27-33(45)41(13-12-40(27)28(22)17-34)30-25(20-42)24(8-9-35-30)23-14-26(32(44)38(3)19-23)37-31(43)21-6-7-29(36-18-21)39-10-4-5-11-39/h6-9,14-15,18-19,42H,4-5,10-13,16-17,20H2,1-3H3,(H,37,43). The summed E-state index contributed by atoms with van der Waals surface area (Å²) < 4.78 is 3.53. The van der Waals surface area contributed by atoms with Gasteiger partial charge in [0.25, 0.3) is 17.4 Å². The van der Waals surface area contributed by atoms with Crippen LogP contribution in [0.3, 0.4) is 0 Å². The van der Waals surface area contributed by atoms with Gasteiger partial charge < -0.3 is 24.5 Å². The molecule has 11 heteroatoms. The summed E-state index contributed by atoms with van der Waals surface area (Å²) in [7, 11) is 1.61. The van der Waals surface area contributed by atoms with Gasteiger partial charge in [-0.15, -0.1) is 0 Å². The minimum Gasteiger partial charge on any atom is -0.392 e. The predicted molar refractivity (Wildman–Crippen MR) is 172 cm³/mol. The molecular weight excluding hydrogens is 570 g/mol. The second-order valence-corrected chi connectivity index (χ2v) is 13.1. The van der Waals surface area contributed by atoms with Gasteiger partial charge in [-0.25, -0.2) is 9.97 Å². The SMILES string of the molecule is Cn1cc(-c2ccnc(N3CCn4c(cc5c4CC(C)(C)C5)C3=O)c2CO)cc(NC(=O)c2ccc(N3CCCC3)nc2)c1=O. The molecule has 0 spiro atoms. The van der Waals surface area contributed by atoms with Crippen molar-refractivity contribution >= 4 is 29.1 Å². The van der Waals surface area contributed by atoms with E-state index in [4.69, 9.17) is 0 Å². The van der Waals surface area contributed by atoms with Gasteiger partial charge in [-0.3, -0.25) is 19.3 Å². The molecule has 0 radical (unpaired) electrons. The van der Waals surface area contributed by atoms with Crippen LogP contribution in [0.2, 0.25) is 0 Å². The number of nitrogens with zero attached hydrogens (tertiary/aromatic N) is 6. The van der Waals surface area contributed by atoms with Crippen molar-refractivity contribution in [2.75, 3.05) is 34.8 Å². The highest BCUT2D eigenvalue weighted by molar-refractivity contribution is 6.07. The Morgan fingerprint density at radius 1 is 1.02 bits per heavy atom. The normalized spacial score (nSPS) is 17.0. The molecule has 0 aromatic carbocycles. The number of rotatable bonds is 6. The number of aliphatic hydroxyl groups is 1. The molecule has 1 aliphatic carbocycles. The third-order valence-electron chi connectivity index (χ3n) is 9.25. The van der Waals surface area contributed by atoms with Crippen LogP contribution >= 0.6 is 0 Å². The van der Waals surface area contributed by atoms with Gasteiger partial charge >= 0.3 is 0 Å². The van der Waals surface area contributed by atoms with Crippen LogP contribution in [-0.4, -0.2) is 55.7 Å². The molecule has 3 aliphatic rings. The number of pyridine rings is 3. The Morgan fingerprint density at radius 2 is 1.82 bits per heavy atom. The minimum absolute atomic E-state index is 0.0928. The lowest BCUT2D eigenvalue weighted by atomic mass is 9.90. The van der Waals surface area contributed by atoms with E-state index in [0.717, 1.165) is 44.6 Å². The molecule has 232 valence electrons. The van der Waals surface area contributed by atoms with E-state index < -0.39 is 5.91 Å². The Balaban J connectivity index is 1.18. The summed E-state index contributed by atoms with van der Waals surface area (Å²) in [6.07, 6.45) is 8.92. The van der Waals surface area contributed by atoms with Gasteiger partial charge in [-0.05, 0) is 72.6 Å². The van der Waals surface area contributed by atoms with Crippen molar-refractivity contribution in [1.82, 2.24) is 19.1 Å². The largest absolute Gasteiger partial charge is 0.392 e. The van der Waals surface area contributed by atoms with Crippen molar-refractivity contribution in [2.24, 2.45) is 12.5 Å². The van der Waals surface area contributed by atoms with Gasteiger partial charge in [-0.1, -0.05) is 13.8 Å². The first-order valence-corrected chi connectivity index (χ1v) is 15.5. The Hall–Kier alpha value is -4.77. The van der Waals surface area contributed by atoms with Crippen molar-refractivity contribution in [1.29, 1.82) is 0 Å². The molecule has 6 heterocycles. The quantitative estimate of drug-likeness (QED) is 0.342. The highest BCUT2D eigenvalue weighted by Crippen LogP contribution is 2.40. The molecule has 4 aromatic heterocycles. The molecule has 1 fully saturated rings. The number of aryl methyl sites for hydroxylation is 1. The smallest absolute Gasteiger partial charge is 0.276 e. The first-order valence-electron chi connectivity index (χ1n) is 15.5. The van der Waals surface area contributed by atoms with E-state index in [-0.39, 0.29) is 29.2 Å². The summed E-state index contributed by atoms with van der Waals surface area (Å²) in [6.45, 7) is 7.11. The number of amides is 2. The van der Waals surface area contributed by atoms with Crippen LogP contribution in [0, 0.1) is 5.41 Å². The predicted octanol–water partition coefficient (Wildman–Crippen LogP) is 3.77. The Kier molecular flexibility index (Phi) is 7.07. The zero-order valence-electron chi connectivity index (χ0n) is 25.8. The molecule has 11 nitrogen and oxygen atoms in total. The third-order valence-corrected chi connectivity index (χ3v) is 9.25. The third kappa shape index (κ3) is 5.10. The number of carbonyl (C=O) groups is 2. The van der Waals surface area contributed by atoms with Crippen molar-refractivity contribution in [2.45, 2.75) is 52.7 Å². The van der Waals surface area contributed by atoms with Crippen molar-refractivity contribution in [3.8, 4) is 11.1 Å². The summed E-state index contributed by atoms with van der Waals surface area (Å²) >= 11 is 0. The lowest BCUT2D eigenvalue weighted by Crippen LogP contribution is -2.41. The van der Waals surface area contributed by atoms with E-state index >= 15 is 0 Å². The molecular formula is C34H37N7O4. The van der Waals surface area contributed by atoms with Gasteiger partial charge in [0.2, 0.25) is 0 Å². The molecule has 0 bridgehead atoms. The zero-order valence-corrected chi connectivity index (χ0v) is 25.8. The van der Waals surface area contributed by atoms with E-state index in [0.29, 0.717) is 46.9 Å². The summed E-state index contributed by atoms with van der Waals surface area (Å²) in [5, 5.41) is 13.3. The summed E-state index contributed by atoms with van der Waals surface area (Å²) in [5.74, 6) is 0.627. The molecule has 4 aromatic rings. The molecule has 2 amide bonds. The number of hydrogen-bond donors (Lipinski definition) is 2. The van der Waals surface area contributed by atoms with Crippen LogP contribution in [0.25, 0.3) is 11.1 Å². The van der Waals surface area contributed by atoms with Crippen LogP contribution in [0.4, 0.5) is 17.3 Å². The highest BCUT2D eigenvalue weighted by Gasteiger charge is 2.37. The van der Waals surface area contributed by atoms with Gasteiger partial charge in [-0.2, -0.15) is 0 Å². The summed E-state index contributed by atoms with van der Waals surface area (Å²) in [5.41, 5.74) is 5.04. The first kappa shape index (κ1) is 29.0. The molecule has 45 heavy (non-hydrogen) atoms. The number of hydrogen-bond acceptors (Lipinski definition) is 7. The summed E-state index contributed by atoms with van der Waals surface area (Å²) in [4.78, 5) is 52.8. The fraction of sp³-hybridized carbons (Fsp3) is 0.382. The van der Waals surface area contributed by atoms with Crippen LogP contribution in [0.15, 0.2) is 53.7 Å². The number of fused-ring (bicyclic) bond motifs is 3. The maximum atomic E-state index is 13.8. The van der Waals surface area contributed by atoms with Crippen LogP contribution < -0.4 is 20.7 Å². The molecule has 7 rings (SSSR count). The first-order chi connectivity index (χ1) is 21.6. The number of nitrogens with one attached hydrogen (secondary N) is 1. The minimum atomic E-state index is -0.445.